The lowest BCUT2D eigenvalue weighted by Crippen LogP contribution is -2.62. The van der Waals surface area contributed by atoms with Crippen LogP contribution in [-0.4, -0.2) is 159 Å². The number of rotatable bonds is 33. The standard InChI is InChI=1S/C64H82FN17O13/c1-33(2)25-48(57(89)74-46(19-12-24-70-63(68)69-5)56(88)75-47(55(67)87)28-38-31-71-44-17-10-7-14-41(38)44)79-64(95)82-81-61(93)51(27-37-13-6-9-16-43(37)65)78-62(94)54(34(3)83)80-60(92)52(30-53(66)86)77-59(91)50(29-39-32-72-45-18-11-8-15-42(39)45)76-58(90)49(73-35(4)84)26-36-20-22-40(85)23-21-36/h6-11,13-18,20-23,31-34,46-52,54,71-72,83,85H,12,19,24-30H2,1-5H3,(H2,66,86)(H2,67,87)(H,73,84)(H,74,89)(H,75,88)(H,76,90)(H,77,91)(H,78,94)(H,80,92)(H,81,93)(H3,68,69,70)(H2,79,82,95)/t34-,46+,47+,48+,49-,50-,51+,52+,54?/m1/s1. The Kier molecular flexibility index (Phi) is 26.9. The van der Waals surface area contributed by atoms with Crippen LogP contribution in [-0.2, 0) is 73.6 Å². The van der Waals surface area contributed by atoms with Crippen LogP contribution < -0.4 is 75.5 Å². The van der Waals surface area contributed by atoms with Crippen LogP contribution in [0.2, 0.25) is 0 Å². The molecule has 2 heterocycles. The zero-order valence-electron chi connectivity index (χ0n) is 52.9. The van der Waals surface area contributed by atoms with Gasteiger partial charge < -0.3 is 84.8 Å². The second-order valence-corrected chi connectivity index (χ2v) is 23.1. The summed E-state index contributed by atoms with van der Waals surface area (Å²) in [5.41, 5.74) is 18.6. The second kappa shape index (κ2) is 35.1. The molecule has 21 N–H and O–H groups in total. The number of hydrazine groups is 1. The number of amides is 12. The van der Waals surface area contributed by atoms with Crippen LogP contribution in [0.4, 0.5) is 9.18 Å². The van der Waals surface area contributed by atoms with Crippen molar-refractivity contribution in [1.82, 2.24) is 74.0 Å². The Morgan fingerprint density at radius 3 is 1.61 bits per heavy atom. The summed E-state index contributed by atoms with van der Waals surface area (Å²) in [6, 6.07) is 11.6. The average Bonchev–Trinajstić information content (AvgIpc) is 1.75. The van der Waals surface area contributed by atoms with Gasteiger partial charge in [-0.05, 0) is 84.7 Å². The van der Waals surface area contributed by atoms with E-state index in [-0.39, 0.29) is 68.3 Å². The highest BCUT2D eigenvalue weighted by molar-refractivity contribution is 5.99. The third-order valence-corrected chi connectivity index (χ3v) is 15.2. The van der Waals surface area contributed by atoms with Gasteiger partial charge in [-0.1, -0.05) is 80.6 Å². The number of hydrogen-bond donors (Lipinski definition) is 19. The number of carbonyl (C=O) groups is 11. The van der Waals surface area contributed by atoms with Crippen LogP contribution in [0.15, 0.2) is 109 Å². The van der Waals surface area contributed by atoms with Crippen molar-refractivity contribution in [2.24, 2.45) is 17.4 Å². The lowest BCUT2D eigenvalue weighted by Gasteiger charge is -2.28. The number of H-pyrrole nitrogens is 2. The maximum atomic E-state index is 15.3. The molecule has 0 saturated heterocycles. The zero-order valence-corrected chi connectivity index (χ0v) is 52.9. The Balaban J connectivity index is 1.17. The van der Waals surface area contributed by atoms with Crippen molar-refractivity contribution < 1.29 is 67.3 Å². The Morgan fingerprint density at radius 2 is 1.04 bits per heavy atom. The van der Waals surface area contributed by atoms with Crippen LogP contribution in [0, 0.1) is 17.1 Å². The Morgan fingerprint density at radius 1 is 0.547 bits per heavy atom. The minimum absolute atomic E-state index is 0.00469. The van der Waals surface area contributed by atoms with E-state index in [2.05, 4.69) is 74.0 Å². The van der Waals surface area contributed by atoms with Gasteiger partial charge >= 0.3 is 6.03 Å². The van der Waals surface area contributed by atoms with Gasteiger partial charge in [0.15, 0.2) is 5.96 Å². The smallest absolute Gasteiger partial charge is 0.334 e. The molecule has 508 valence electrons. The van der Waals surface area contributed by atoms with Crippen molar-refractivity contribution in [3.8, 4) is 5.75 Å². The van der Waals surface area contributed by atoms with Crippen LogP contribution in [0.3, 0.4) is 0 Å². The SMILES string of the molecule is CNC(=N)NCCC[C@H](NC(=O)[C@H](CC(C)C)NC(=O)NNC(=O)[C@H](Cc1ccccc1F)NC(=O)C(NC(=O)[C@H](CC(N)=O)NC(=O)[C@@H](Cc1c[nH]c2ccccc12)NC(=O)[C@@H](Cc1ccc(O)cc1)NC(C)=O)[C@@H](C)O)C(=O)N[C@@H](Cc1c[nH]c2ccccc12)C(N)=O. The number of phenols is 1. The number of nitrogens with two attached hydrogens (primary N) is 2. The van der Waals surface area contributed by atoms with E-state index >= 15 is 4.39 Å². The predicted molar refractivity (Wildman–Crippen MR) is 347 cm³/mol. The van der Waals surface area contributed by atoms with E-state index in [1.54, 1.807) is 50.5 Å². The molecule has 12 amide bonds. The van der Waals surface area contributed by atoms with Gasteiger partial charge in [0.25, 0.3) is 5.91 Å². The van der Waals surface area contributed by atoms with Crippen molar-refractivity contribution in [3.05, 3.63) is 138 Å². The van der Waals surface area contributed by atoms with E-state index in [1.807, 2.05) is 24.3 Å². The molecule has 30 nitrogen and oxygen atoms in total. The van der Waals surface area contributed by atoms with Gasteiger partial charge in [0.2, 0.25) is 53.2 Å². The quantitative estimate of drug-likeness (QED) is 0.0104. The van der Waals surface area contributed by atoms with E-state index in [0.717, 1.165) is 23.9 Å². The number of aromatic amines is 2. The average molecular weight is 1320 g/mol. The van der Waals surface area contributed by atoms with Gasteiger partial charge in [0, 0.05) is 80.4 Å². The van der Waals surface area contributed by atoms with Crippen molar-refractivity contribution >= 4 is 92.9 Å². The van der Waals surface area contributed by atoms with Crippen molar-refractivity contribution in [2.75, 3.05) is 13.6 Å². The molecule has 0 fully saturated rings. The zero-order chi connectivity index (χ0) is 69.5. The molecule has 6 rings (SSSR count). The molecule has 2 aromatic heterocycles. The summed E-state index contributed by atoms with van der Waals surface area (Å²) >= 11 is 0. The fourth-order valence-corrected chi connectivity index (χ4v) is 10.3. The fraction of sp³-hybridized carbons (Fsp3) is 0.375. The molecule has 9 atom stereocenters. The van der Waals surface area contributed by atoms with E-state index in [4.69, 9.17) is 16.9 Å². The van der Waals surface area contributed by atoms with Crippen molar-refractivity contribution in [3.63, 3.8) is 0 Å². The lowest BCUT2D eigenvalue weighted by molar-refractivity contribution is -0.137. The van der Waals surface area contributed by atoms with E-state index in [0.29, 0.717) is 27.6 Å². The second-order valence-electron chi connectivity index (χ2n) is 23.1. The lowest BCUT2D eigenvalue weighted by atomic mass is 10.0. The van der Waals surface area contributed by atoms with E-state index in [1.165, 1.54) is 56.4 Å². The molecule has 0 aliphatic rings. The van der Waals surface area contributed by atoms with Gasteiger partial charge in [-0.25, -0.2) is 14.6 Å². The predicted octanol–water partition coefficient (Wildman–Crippen LogP) is -0.811. The number of nitrogens with one attached hydrogen (secondary N) is 15. The number of benzene rings is 4. The number of phenolic OH excluding ortho intramolecular Hbond substituents is 1. The number of para-hydroxylation sites is 2. The number of halogens is 1. The minimum atomic E-state index is -2.00. The maximum Gasteiger partial charge on any atom is 0.334 e. The molecule has 0 spiro atoms. The summed E-state index contributed by atoms with van der Waals surface area (Å²) < 4.78 is 15.3. The number of guanidine groups is 1. The highest BCUT2D eigenvalue weighted by Crippen LogP contribution is 2.22. The molecule has 95 heavy (non-hydrogen) atoms. The Bertz CT molecular complexity index is 3730. The number of primary amides is 2. The molecule has 0 aliphatic carbocycles. The van der Waals surface area contributed by atoms with Crippen LogP contribution in [0.5, 0.6) is 5.75 Å². The van der Waals surface area contributed by atoms with Crippen molar-refractivity contribution in [1.29, 1.82) is 5.41 Å². The van der Waals surface area contributed by atoms with Gasteiger partial charge in [-0.2, -0.15) is 0 Å². The van der Waals surface area contributed by atoms with Gasteiger partial charge in [0.05, 0.1) is 12.5 Å². The molecular formula is C64H82FN17O13. The van der Waals surface area contributed by atoms with Gasteiger partial charge in [-0.15, -0.1) is 0 Å². The number of aliphatic hydroxyl groups is 1. The first-order valence-electron chi connectivity index (χ1n) is 30.5. The maximum absolute atomic E-state index is 15.3. The fourth-order valence-electron chi connectivity index (χ4n) is 10.3. The molecule has 0 aliphatic heterocycles. The third kappa shape index (κ3) is 22.3. The largest absolute Gasteiger partial charge is 0.508 e. The Labute approximate surface area is 545 Å². The monoisotopic (exact) mass is 1320 g/mol. The highest BCUT2D eigenvalue weighted by Gasteiger charge is 2.37. The van der Waals surface area contributed by atoms with E-state index in [9.17, 15) is 63.0 Å². The number of carbonyl (C=O) groups excluding carboxylic acids is 11. The molecule has 0 radical (unpaired) electrons. The van der Waals surface area contributed by atoms with E-state index < -0.39 is 138 Å². The first-order valence-corrected chi connectivity index (χ1v) is 30.5. The van der Waals surface area contributed by atoms with Crippen LogP contribution >= 0.6 is 0 Å². The molecule has 6 aromatic rings. The summed E-state index contributed by atoms with van der Waals surface area (Å²) in [6.45, 7) is 5.92. The summed E-state index contributed by atoms with van der Waals surface area (Å²) in [7, 11) is 1.53. The normalized spacial score (nSPS) is 13.9. The minimum Gasteiger partial charge on any atom is -0.508 e. The Hall–Kier alpha value is -11.1. The number of aliphatic hydroxyl groups excluding tert-OH is 1. The molecule has 0 saturated carbocycles. The summed E-state index contributed by atoms with van der Waals surface area (Å²) in [4.78, 5) is 157. The summed E-state index contributed by atoms with van der Waals surface area (Å²) in [5, 5.41) is 55.6. The topological polar surface area (TPSA) is 480 Å². The molecule has 4 aromatic carbocycles. The number of fused-ring (bicyclic) bond motifs is 2. The van der Waals surface area contributed by atoms with Crippen LogP contribution in [0.1, 0.15) is 75.6 Å². The summed E-state index contributed by atoms with van der Waals surface area (Å²) in [5.74, 6) is -11.0. The number of urea groups is 1. The third-order valence-electron chi connectivity index (χ3n) is 15.2. The highest BCUT2D eigenvalue weighted by atomic mass is 19.1. The number of aromatic nitrogens is 2. The number of aromatic hydroxyl groups is 1. The molecule has 0 bridgehead atoms. The number of hydrogen-bond acceptors (Lipinski definition) is 14. The van der Waals surface area contributed by atoms with Gasteiger partial charge in [0.1, 0.15) is 59.9 Å². The van der Waals surface area contributed by atoms with Crippen molar-refractivity contribution in [2.45, 2.75) is 134 Å². The molecule has 31 heteroatoms. The first-order chi connectivity index (χ1) is 45.2. The van der Waals surface area contributed by atoms with Crippen LogP contribution in [0.25, 0.3) is 21.8 Å². The molecule has 1 unspecified atom stereocenters. The first kappa shape index (κ1) is 72.9. The van der Waals surface area contributed by atoms with Gasteiger partial charge in [-0.3, -0.25) is 58.8 Å². The molecular weight excluding hydrogens is 1230 g/mol. The summed E-state index contributed by atoms with van der Waals surface area (Å²) in [6.07, 6.45) is -0.191.